The van der Waals surface area contributed by atoms with Crippen LogP contribution in [0.4, 0.5) is 0 Å². The van der Waals surface area contributed by atoms with Crippen molar-refractivity contribution in [3.63, 3.8) is 0 Å². The molecule has 3 rings (SSSR count). The molecule has 0 spiro atoms. The summed E-state index contributed by atoms with van der Waals surface area (Å²) in [4.78, 5) is 15.5. The number of hydrogen-bond acceptors (Lipinski definition) is 3. The predicted octanol–water partition coefficient (Wildman–Crippen LogP) is 4.56. The smallest absolute Gasteiger partial charge is 0.253 e. The molecule has 1 aromatic carbocycles. The molecule has 4 heteroatoms. The number of allylic oxidation sites excluding steroid dienone is 5. The monoisotopic (exact) mass is 380 g/mol. The van der Waals surface area contributed by atoms with Crippen molar-refractivity contribution in [2.24, 2.45) is 0 Å². The Bertz CT molecular complexity index is 790. The largest absolute Gasteiger partial charge is 0.339 e. The number of carbonyl (C=O) groups is 1. The van der Waals surface area contributed by atoms with Gasteiger partial charge in [0, 0.05) is 29.9 Å². The fraction of sp³-hybridized carbons (Fsp3) is 0.391. The van der Waals surface area contributed by atoms with Crippen molar-refractivity contribution in [3.8, 4) is 0 Å². The summed E-state index contributed by atoms with van der Waals surface area (Å²) in [6, 6.07) is 8.09. The van der Waals surface area contributed by atoms with Gasteiger partial charge in [-0.25, -0.2) is 0 Å². The summed E-state index contributed by atoms with van der Waals surface area (Å²) in [7, 11) is 0. The first-order valence-corrected chi connectivity index (χ1v) is 10.3. The van der Waals surface area contributed by atoms with Crippen molar-refractivity contribution in [1.29, 1.82) is 0 Å². The van der Waals surface area contributed by atoms with Crippen LogP contribution in [0.5, 0.6) is 0 Å². The topological polar surface area (TPSA) is 32.3 Å². The Morgan fingerprint density at radius 3 is 2.30 bits per heavy atom. The summed E-state index contributed by atoms with van der Waals surface area (Å²) < 4.78 is 0. The molecule has 27 heavy (non-hydrogen) atoms. The second kappa shape index (κ2) is 9.25. The zero-order valence-corrected chi connectivity index (χ0v) is 17.1. The molecule has 1 N–H and O–H groups in total. The summed E-state index contributed by atoms with van der Waals surface area (Å²) in [6.07, 6.45) is 9.27. The third-order valence-electron chi connectivity index (χ3n) is 5.30. The van der Waals surface area contributed by atoms with Crippen LogP contribution in [0.1, 0.15) is 49.0 Å². The number of nitrogens with zero attached hydrogens (tertiary/aromatic N) is 1. The van der Waals surface area contributed by atoms with E-state index < -0.39 is 0 Å². The van der Waals surface area contributed by atoms with Crippen LogP contribution < -0.4 is 5.32 Å². The van der Waals surface area contributed by atoms with Crippen LogP contribution in [0.25, 0.3) is 5.57 Å². The molecular weight excluding hydrogens is 352 g/mol. The van der Waals surface area contributed by atoms with E-state index in [2.05, 4.69) is 35.7 Å². The molecule has 0 saturated carbocycles. The normalized spacial score (nSPS) is 16.9. The molecule has 0 aromatic heterocycles. The minimum Gasteiger partial charge on any atom is -0.339 e. The number of amides is 1. The van der Waals surface area contributed by atoms with Gasteiger partial charge in [-0.2, -0.15) is 0 Å². The summed E-state index contributed by atoms with van der Waals surface area (Å²) >= 11 is 5.68. The highest BCUT2D eigenvalue weighted by atomic mass is 32.1. The third kappa shape index (κ3) is 4.45. The summed E-state index contributed by atoms with van der Waals surface area (Å²) in [6.45, 7) is 7.50. The van der Waals surface area contributed by atoms with Gasteiger partial charge in [0.2, 0.25) is 0 Å². The fourth-order valence-corrected chi connectivity index (χ4v) is 4.03. The van der Waals surface area contributed by atoms with Gasteiger partial charge in [0.25, 0.3) is 5.91 Å². The molecule has 0 bridgehead atoms. The Morgan fingerprint density at radius 2 is 1.70 bits per heavy atom. The van der Waals surface area contributed by atoms with Crippen LogP contribution >= 0.6 is 12.2 Å². The van der Waals surface area contributed by atoms with Crippen molar-refractivity contribution in [2.45, 2.75) is 33.1 Å². The van der Waals surface area contributed by atoms with Gasteiger partial charge in [-0.1, -0.05) is 48.2 Å². The Labute approximate surface area is 167 Å². The lowest BCUT2D eigenvalue weighted by atomic mass is 9.85. The van der Waals surface area contributed by atoms with Crippen LogP contribution in [0.3, 0.4) is 0 Å². The van der Waals surface area contributed by atoms with Crippen molar-refractivity contribution in [3.05, 3.63) is 64.8 Å². The van der Waals surface area contributed by atoms with Crippen molar-refractivity contribution >= 4 is 28.6 Å². The van der Waals surface area contributed by atoms with E-state index in [-0.39, 0.29) is 5.91 Å². The Kier molecular flexibility index (Phi) is 6.75. The molecule has 1 aliphatic carbocycles. The predicted molar refractivity (Wildman–Crippen MR) is 117 cm³/mol. The molecule has 3 nitrogen and oxygen atoms in total. The van der Waals surface area contributed by atoms with Gasteiger partial charge in [-0.05, 0) is 68.6 Å². The highest BCUT2D eigenvalue weighted by Crippen LogP contribution is 2.34. The summed E-state index contributed by atoms with van der Waals surface area (Å²) in [5.74, 6) is 0.0953. The van der Waals surface area contributed by atoms with Crippen LogP contribution in [0.15, 0.2) is 53.6 Å². The van der Waals surface area contributed by atoms with Gasteiger partial charge >= 0.3 is 0 Å². The van der Waals surface area contributed by atoms with Crippen molar-refractivity contribution < 1.29 is 4.79 Å². The molecule has 1 amide bonds. The molecule has 1 aliphatic heterocycles. The lowest BCUT2D eigenvalue weighted by Crippen LogP contribution is -2.30. The van der Waals surface area contributed by atoms with E-state index in [1.165, 1.54) is 16.7 Å². The minimum atomic E-state index is 0.0953. The van der Waals surface area contributed by atoms with Gasteiger partial charge in [-0.15, -0.1) is 0 Å². The number of carbonyl (C=O) groups excluding carboxylic acids is 1. The first-order valence-electron chi connectivity index (χ1n) is 9.88. The molecule has 1 aromatic rings. The quantitative estimate of drug-likeness (QED) is 0.760. The molecule has 1 fully saturated rings. The lowest BCUT2D eigenvalue weighted by molar-refractivity contribution is 0.0773. The van der Waals surface area contributed by atoms with Crippen molar-refractivity contribution in [2.75, 3.05) is 26.2 Å². The standard InChI is InChI=1S/C23H28N2OS/c1-3-25(4-2)23(26)19-11-9-17(10-12-19)22(18-13-15-24-16-14-18)20-7-5-6-8-21(20)27/h5-7,9-12,24H,3-4,8,13-16H2,1-2H3. The van der Waals surface area contributed by atoms with E-state index in [9.17, 15) is 4.79 Å². The average Bonchev–Trinajstić information content (AvgIpc) is 2.72. The lowest BCUT2D eigenvalue weighted by Gasteiger charge is -2.24. The number of rotatable bonds is 5. The second-order valence-electron chi connectivity index (χ2n) is 6.92. The minimum absolute atomic E-state index is 0.0953. The number of benzene rings is 1. The van der Waals surface area contributed by atoms with Gasteiger partial charge in [0.15, 0.2) is 0 Å². The first-order chi connectivity index (χ1) is 13.2. The molecule has 0 radical (unpaired) electrons. The number of thiocarbonyl (C=S) groups is 1. The molecule has 1 saturated heterocycles. The van der Waals surface area contributed by atoms with Crippen LogP contribution in [-0.2, 0) is 0 Å². The summed E-state index contributed by atoms with van der Waals surface area (Å²) in [5, 5.41) is 3.43. The van der Waals surface area contributed by atoms with E-state index in [0.717, 1.165) is 61.4 Å². The zero-order valence-electron chi connectivity index (χ0n) is 16.3. The number of hydrogen-bond donors (Lipinski definition) is 1. The maximum Gasteiger partial charge on any atom is 0.253 e. The first kappa shape index (κ1) is 19.7. The fourth-order valence-electron chi connectivity index (χ4n) is 3.77. The Hall–Kier alpha value is -2.04. The maximum atomic E-state index is 12.6. The highest BCUT2D eigenvalue weighted by molar-refractivity contribution is 7.81. The maximum absolute atomic E-state index is 12.6. The van der Waals surface area contributed by atoms with E-state index in [0.29, 0.717) is 0 Å². The molecule has 1 heterocycles. The molecule has 142 valence electrons. The molecule has 2 aliphatic rings. The van der Waals surface area contributed by atoms with Gasteiger partial charge in [0.1, 0.15) is 0 Å². The van der Waals surface area contributed by atoms with E-state index in [4.69, 9.17) is 12.2 Å². The molecule has 0 unspecified atom stereocenters. The number of nitrogens with one attached hydrogen (secondary N) is 1. The Balaban J connectivity index is 1.98. The van der Waals surface area contributed by atoms with E-state index >= 15 is 0 Å². The van der Waals surface area contributed by atoms with Crippen LogP contribution in [0.2, 0.25) is 0 Å². The van der Waals surface area contributed by atoms with Gasteiger partial charge < -0.3 is 10.2 Å². The second-order valence-corrected chi connectivity index (χ2v) is 7.41. The van der Waals surface area contributed by atoms with E-state index in [1.54, 1.807) is 0 Å². The Morgan fingerprint density at radius 1 is 1.07 bits per heavy atom. The van der Waals surface area contributed by atoms with E-state index in [1.807, 2.05) is 30.9 Å². The highest BCUT2D eigenvalue weighted by Gasteiger charge is 2.20. The SMILES string of the molecule is CCN(CC)C(=O)c1ccc(C(C2=CC=CCC2=S)=C2CCNCC2)cc1. The molecule has 0 atom stereocenters. The van der Waals surface area contributed by atoms with Crippen LogP contribution in [0, 0.1) is 0 Å². The van der Waals surface area contributed by atoms with Gasteiger partial charge in [0.05, 0.1) is 0 Å². The van der Waals surface area contributed by atoms with Gasteiger partial charge in [-0.3, -0.25) is 4.79 Å². The summed E-state index contributed by atoms with van der Waals surface area (Å²) in [5.41, 5.74) is 5.81. The van der Waals surface area contributed by atoms with Crippen LogP contribution in [-0.4, -0.2) is 41.9 Å². The van der Waals surface area contributed by atoms with Crippen molar-refractivity contribution in [1.82, 2.24) is 10.2 Å². The average molecular weight is 381 g/mol. The zero-order chi connectivity index (χ0) is 19.2. The third-order valence-corrected chi connectivity index (χ3v) is 5.69. The molecular formula is C23H28N2OS. The number of piperidine rings is 1.